The highest BCUT2D eigenvalue weighted by molar-refractivity contribution is 5.88. The average Bonchev–Trinajstić information content (AvgIpc) is 2.42. The number of nitrogens with one attached hydrogen (secondary N) is 1. The van der Waals surface area contributed by atoms with E-state index >= 15 is 0 Å². The van der Waals surface area contributed by atoms with E-state index in [4.69, 9.17) is 4.74 Å². The van der Waals surface area contributed by atoms with Crippen molar-refractivity contribution >= 4 is 10.8 Å². The lowest BCUT2D eigenvalue weighted by atomic mass is 10.1. The zero-order valence-electron chi connectivity index (χ0n) is 11.9. The van der Waals surface area contributed by atoms with Crippen molar-refractivity contribution in [2.24, 2.45) is 5.92 Å². The van der Waals surface area contributed by atoms with Crippen LogP contribution >= 0.6 is 0 Å². The maximum absolute atomic E-state index is 5.86. The summed E-state index contributed by atoms with van der Waals surface area (Å²) < 4.78 is 5.86. The molecule has 0 amide bonds. The molecule has 2 aromatic rings. The van der Waals surface area contributed by atoms with E-state index in [0.29, 0.717) is 6.61 Å². The second kappa shape index (κ2) is 7.15. The molecule has 2 nitrogen and oxygen atoms in total. The Morgan fingerprint density at radius 1 is 1.00 bits per heavy atom. The van der Waals surface area contributed by atoms with Crippen molar-refractivity contribution in [1.29, 1.82) is 0 Å². The van der Waals surface area contributed by atoms with Gasteiger partial charge in [0.15, 0.2) is 0 Å². The summed E-state index contributed by atoms with van der Waals surface area (Å²) in [6, 6.07) is 14.5. The first kappa shape index (κ1) is 13.9. The largest absolute Gasteiger partial charge is 0.492 e. The third-order valence-electron chi connectivity index (χ3n) is 3.18. The summed E-state index contributed by atoms with van der Waals surface area (Å²) >= 11 is 0. The third-order valence-corrected chi connectivity index (χ3v) is 3.18. The SMILES string of the molecule is CC(C)CCNCCOc1cccc2ccccc12. The minimum atomic E-state index is 0.714. The number of fused-ring (bicyclic) bond motifs is 1. The first-order valence-electron chi connectivity index (χ1n) is 7.08. The molecule has 0 saturated heterocycles. The van der Waals surface area contributed by atoms with Crippen LogP contribution in [0.4, 0.5) is 0 Å². The average molecular weight is 257 g/mol. The Bertz CT molecular complexity index is 502. The zero-order chi connectivity index (χ0) is 13.5. The first-order chi connectivity index (χ1) is 9.27. The smallest absolute Gasteiger partial charge is 0.127 e. The molecule has 2 rings (SSSR count). The van der Waals surface area contributed by atoms with E-state index in [9.17, 15) is 0 Å². The molecule has 0 aliphatic heterocycles. The molecule has 0 aliphatic rings. The number of benzene rings is 2. The fourth-order valence-electron chi connectivity index (χ4n) is 2.07. The summed E-state index contributed by atoms with van der Waals surface area (Å²) in [4.78, 5) is 0. The summed E-state index contributed by atoms with van der Waals surface area (Å²) in [6.07, 6.45) is 1.22. The third kappa shape index (κ3) is 4.25. The predicted octanol–water partition coefficient (Wildman–Crippen LogP) is 3.85. The Kier molecular flexibility index (Phi) is 5.22. The highest BCUT2D eigenvalue weighted by Crippen LogP contribution is 2.24. The van der Waals surface area contributed by atoms with Gasteiger partial charge in [-0.05, 0) is 30.3 Å². The van der Waals surface area contributed by atoms with Crippen LogP contribution in [0.15, 0.2) is 42.5 Å². The summed E-state index contributed by atoms with van der Waals surface area (Å²) in [5.41, 5.74) is 0. The summed E-state index contributed by atoms with van der Waals surface area (Å²) in [7, 11) is 0. The van der Waals surface area contributed by atoms with Gasteiger partial charge in [0.2, 0.25) is 0 Å². The number of hydrogen-bond donors (Lipinski definition) is 1. The lowest BCUT2D eigenvalue weighted by Gasteiger charge is -2.10. The minimum Gasteiger partial charge on any atom is -0.492 e. The van der Waals surface area contributed by atoms with Crippen molar-refractivity contribution in [3.05, 3.63) is 42.5 Å². The van der Waals surface area contributed by atoms with Gasteiger partial charge in [-0.25, -0.2) is 0 Å². The standard InChI is InChI=1S/C17H23NO/c1-14(2)10-11-18-12-13-19-17-9-5-7-15-6-3-4-8-16(15)17/h3-9,14,18H,10-13H2,1-2H3. The summed E-state index contributed by atoms with van der Waals surface area (Å²) in [6.45, 7) is 7.17. The van der Waals surface area contributed by atoms with Crippen LogP contribution in [-0.4, -0.2) is 19.7 Å². The van der Waals surface area contributed by atoms with Gasteiger partial charge < -0.3 is 10.1 Å². The van der Waals surface area contributed by atoms with Gasteiger partial charge in [-0.1, -0.05) is 50.2 Å². The lowest BCUT2D eigenvalue weighted by molar-refractivity contribution is 0.316. The van der Waals surface area contributed by atoms with E-state index in [1.54, 1.807) is 0 Å². The van der Waals surface area contributed by atoms with E-state index < -0.39 is 0 Å². The van der Waals surface area contributed by atoms with Crippen LogP contribution in [0.3, 0.4) is 0 Å². The van der Waals surface area contributed by atoms with Crippen molar-refractivity contribution in [3.8, 4) is 5.75 Å². The molecule has 19 heavy (non-hydrogen) atoms. The molecule has 1 N–H and O–H groups in total. The second-order valence-corrected chi connectivity index (χ2v) is 5.26. The molecule has 2 aromatic carbocycles. The van der Waals surface area contributed by atoms with Crippen molar-refractivity contribution < 1.29 is 4.74 Å². The molecule has 0 aliphatic carbocycles. The molecule has 0 radical (unpaired) electrons. The van der Waals surface area contributed by atoms with Gasteiger partial charge in [0.1, 0.15) is 12.4 Å². The molecule has 0 bridgehead atoms. The lowest BCUT2D eigenvalue weighted by Crippen LogP contribution is -2.23. The second-order valence-electron chi connectivity index (χ2n) is 5.26. The monoisotopic (exact) mass is 257 g/mol. The van der Waals surface area contributed by atoms with E-state index in [1.165, 1.54) is 17.2 Å². The van der Waals surface area contributed by atoms with E-state index in [1.807, 2.05) is 12.1 Å². The summed E-state index contributed by atoms with van der Waals surface area (Å²) in [5.74, 6) is 1.73. The number of rotatable bonds is 7. The first-order valence-corrected chi connectivity index (χ1v) is 7.08. The Hall–Kier alpha value is -1.54. The van der Waals surface area contributed by atoms with Crippen molar-refractivity contribution in [3.63, 3.8) is 0 Å². The van der Waals surface area contributed by atoms with Crippen LogP contribution < -0.4 is 10.1 Å². The molecule has 0 heterocycles. The van der Waals surface area contributed by atoms with Crippen LogP contribution in [0.2, 0.25) is 0 Å². The van der Waals surface area contributed by atoms with Gasteiger partial charge in [0, 0.05) is 11.9 Å². The van der Waals surface area contributed by atoms with Crippen LogP contribution in [0.25, 0.3) is 10.8 Å². The summed E-state index contributed by atoms with van der Waals surface area (Å²) in [5, 5.41) is 5.83. The van der Waals surface area contributed by atoms with Crippen molar-refractivity contribution in [2.75, 3.05) is 19.7 Å². The molecular weight excluding hydrogens is 234 g/mol. The molecule has 0 saturated carbocycles. The van der Waals surface area contributed by atoms with Gasteiger partial charge in [-0.2, -0.15) is 0 Å². The van der Waals surface area contributed by atoms with Gasteiger partial charge in [-0.15, -0.1) is 0 Å². The number of hydrogen-bond acceptors (Lipinski definition) is 2. The van der Waals surface area contributed by atoms with Gasteiger partial charge in [0.25, 0.3) is 0 Å². The fourth-order valence-corrected chi connectivity index (χ4v) is 2.07. The maximum Gasteiger partial charge on any atom is 0.127 e. The van der Waals surface area contributed by atoms with E-state index in [2.05, 4.69) is 49.5 Å². The Labute approximate surface area is 115 Å². The molecular formula is C17H23NO. The normalized spacial score (nSPS) is 11.1. The van der Waals surface area contributed by atoms with Crippen LogP contribution in [-0.2, 0) is 0 Å². The molecule has 102 valence electrons. The van der Waals surface area contributed by atoms with Crippen LogP contribution in [0, 0.1) is 5.92 Å². The van der Waals surface area contributed by atoms with Crippen molar-refractivity contribution in [2.45, 2.75) is 20.3 Å². The highest BCUT2D eigenvalue weighted by atomic mass is 16.5. The van der Waals surface area contributed by atoms with E-state index in [-0.39, 0.29) is 0 Å². The van der Waals surface area contributed by atoms with Crippen LogP contribution in [0.5, 0.6) is 5.75 Å². The van der Waals surface area contributed by atoms with Crippen LogP contribution in [0.1, 0.15) is 20.3 Å². The topological polar surface area (TPSA) is 21.3 Å². The molecule has 0 spiro atoms. The maximum atomic E-state index is 5.86. The van der Waals surface area contributed by atoms with Gasteiger partial charge >= 0.3 is 0 Å². The molecule has 0 aromatic heterocycles. The Balaban J connectivity index is 1.82. The Morgan fingerprint density at radius 3 is 2.63 bits per heavy atom. The zero-order valence-corrected chi connectivity index (χ0v) is 11.9. The van der Waals surface area contributed by atoms with Gasteiger partial charge in [0.05, 0.1) is 0 Å². The fraction of sp³-hybridized carbons (Fsp3) is 0.412. The Morgan fingerprint density at radius 2 is 1.79 bits per heavy atom. The quantitative estimate of drug-likeness (QED) is 0.761. The van der Waals surface area contributed by atoms with E-state index in [0.717, 1.165) is 24.8 Å². The van der Waals surface area contributed by atoms with Gasteiger partial charge in [-0.3, -0.25) is 0 Å². The van der Waals surface area contributed by atoms with Crippen molar-refractivity contribution in [1.82, 2.24) is 5.32 Å². The molecule has 0 fully saturated rings. The molecule has 0 unspecified atom stereocenters. The molecule has 2 heteroatoms. The highest BCUT2D eigenvalue weighted by Gasteiger charge is 2.00. The minimum absolute atomic E-state index is 0.714. The molecule has 0 atom stereocenters. The number of ether oxygens (including phenoxy) is 1. The predicted molar refractivity (Wildman–Crippen MR) is 81.8 cm³/mol.